The average Bonchev–Trinajstić information content (AvgIpc) is 2.38. The highest BCUT2D eigenvalue weighted by molar-refractivity contribution is 5.71. The van der Waals surface area contributed by atoms with E-state index in [0.717, 1.165) is 5.56 Å². The SMILES string of the molecule is CCOC(=O)CNCc1ccc(OCC#N)cc1. The van der Waals surface area contributed by atoms with Crippen LogP contribution in [0.5, 0.6) is 5.75 Å². The first kappa shape index (κ1) is 14.0. The molecule has 0 atom stereocenters. The lowest BCUT2D eigenvalue weighted by atomic mass is 10.2. The number of nitriles is 1. The molecule has 0 aromatic heterocycles. The van der Waals surface area contributed by atoms with Crippen molar-refractivity contribution in [3.05, 3.63) is 29.8 Å². The highest BCUT2D eigenvalue weighted by atomic mass is 16.5. The molecule has 0 spiro atoms. The van der Waals surface area contributed by atoms with Gasteiger partial charge in [0.2, 0.25) is 0 Å². The molecule has 0 bridgehead atoms. The molecule has 18 heavy (non-hydrogen) atoms. The van der Waals surface area contributed by atoms with E-state index in [2.05, 4.69) is 5.32 Å². The van der Waals surface area contributed by atoms with E-state index >= 15 is 0 Å². The third-order valence-electron chi connectivity index (χ3n) is 2.13. The molecular weight excluding hydrogens is 232 g/mol. The summed E-state index contributed by atoms with van der Waals surface area (Å²) in [6, 6.07) is 9.24. The maximum atomic E-state index is 11.1. The molecule has 0 saturated carbocycles. The minimum Gasteiger partial charge on any atom is -0.479 e. The molecule has 1 aromatic rings. The summed E-state index contributed by atoms with van der Waals surface area (Å²) in [5.74, 6) is 0.400. The molecule has 5 nitrogen and oxygen atoms in total. The fourth-order valence-electron chi connectivity index (χ4n) is 1.34. The first-order valence-electron chi connectivity index (χ1n) is 5.71. The zero-order chi connectivity index (χ0) is 13.2. The van der Waals surface area contributed by atoms with Gasteiger partial charge in [0.15, 0.2) is 6.61 Å². The van der Waals surface area contributed by atoms with Gasteiger partial charge < -0.3 is 14.8 Å². The van der Waals surface area contributed by atoms with Crippen molar-refractivity contribution >= 4 is 5.97 Å². The number of nitrogens with one attached hydrogen (secondary N) is 1. The summed E-state index contributed by atoms with van der Waals surface area (Å²) < 4.78 is 9.92. The Hall–Kier alpha value is -2.06. The minimum atomic E-state index is -0.258. The summed E-state index contributed by atoms with van der Waals surface area (Å²) >= 11 is 0. The number of carbonyl (C=O) groups excluding carboxylic acids is 1. The third-order valence-corrected chi connectivity index (χ3v) is 2.13. The van der Waals surface area contributed by atoms with Crippen molar-refractivity contribution in [1.29, 1.82) is 5.26 Å². The number of rotatable bonds is 7. The normalized spacial score (nSPS) is 9.56. The summed E-state index contributed by atoms with van der Waals surface area (Å²) in [5.41, 5.74) is 1.03. The maximum Gasteiger partial charge on any atom is 0.319 e. The van der Waals surface area contributed by atoms with Gasteiger partial charge in [0.1, 0.15) is 11.8 Å². The molecular formula is C13H16N2O3. The van der Waals surface area contributed by atoms with Gasteiger partial charge in [0.25, 0.3) is 0 Å². The molecule has 5 heteroatoms. The molecule has 0 fully saturated rings. The van der Waals surface area contributed by atoms with Gasteiger partial charge in [-0.15, -0.1) is 0 Å². The van der Waals surface area contributed by atoms with Crippen LogP contribution in [0.2, 0.25) is 0 Å². The predicted octanol–water partition coefficient (Wildman–Crippen LogP) is 1.24. The number of esters is 1. The van der Waals surface area contributed by atoms with E-state index in [1.807, 2.05) is 18.2 Å². The van der Waals surface area contributed by atoms with Crippen LogP contribution in [0.4, 0.5) is 0 Å². The van der Waals surface area contributed by atoms with E-state index in [9.17, 15) is 4.79 Å². The van der Waals surface area contributed by atoms with Crippen LogP contribution in [0.3, 0.4) is 0 Å². The van der Waals surface area contributed by atoms with Crippen molar-refractivity contribution in [2.45, 2.75) is 13.5 Å². The highest BCUT2D eigenvalue weighted by Crippen LogP contribution is 2.11. The van der Waals surface area contributed by atoms with Crippen LogP contribution in [-0.2, 0) is 16.1 Å². The summed E-state index contributed by atoms with van der Waals surface area (Å²) in [6.45, 7) is 2.99. The topological polar surface area (TPSA) is 71.3 Å². The molecule has 0 aliphatic rings. The quantitative estimate of drug-likeness (QED) is 0.735. The molecule has 0 aliphatic carbocycles. The number of ether oxygens (including phenoxy) is 2. The van der Waals surface area contributed by atoms with Gasteiger partial charge in [-0.05, 0) is 24.6 Å². The summed E-state index contributed by atoms with van der Waals surface area (Å²) in [5, 5.41) is 11.3. The van der Waals surface area contributed by atoms with Gasteiger partial charge in [-0.25, -0.2) is 0 Å². The molecule has 1 aromatic carbocycles. The van der Waals surface area contributed by atoms with Crippen molar-refractivity contribution < 1.29 is 14.3 Å². The highest BCUT2D eigenvalue weighted by Gasteiger charge is 2.00. The second kappa shape index (κ2) is 8.09. The van der Waals surface area contributed by atoms with Crippen molar-refractivity contribution in [2.75, 3.05) is 19.8 Å². The molecule has 0 aliphatic heterocycles. The van der Waals surface area contributed by atoms with Gasteiger partial charge >= 0.3 is 5.97 Å². The van der Waals surface area contributed by atoms with Crippen molar-refractivity contribution in [3.8, 4) is 11.8 Å². The van der Waals surface area contributed by atoms with E-state index in [1.165, 1.54) is 0 Å². The lowest BCUT2D eigenvalue weighted by Crippen LogP contribution is -2.24. The monoisotopic (exact) mass is 248 g/mol. The lowest BCUT2D eigenvalue weighted by Gasteiger charge is -2.06. The van der Waals surface area contributed by atoms with Gasteiger partial charge in [-0.1, -0.05) is 12.1 Å². The Morgan fingerprint density at radius 3 is 2.72 bits per heavy atom. The van der Waals surface area contributed by atoms with Crippen molar-refractivity contribution in [1.82, 2.24) is 5.32 Å². The third kappa shape index (κ3) is 5.32. The standard InChI is InChI=1S/C13H16N2O3/c1-2-17-13(16)10-15-9-11-3-5-12(6-4-11)18-8-7-14/h3-6,15H,2,8-10H2,1H3. The average molecular weight is 248 g/mol. The number of carbonyl (C=O) groups is 1. The molecule has 0 heterocycles. The Bertz CT molecular complexity index is 409. The number of hydrogen-bond acceptors (Lipinski definition) is 5. The van der Waals surface area contributed by atoms with E-state index in [1.54, 1.807) is 19.1 Å². The number of nitrogens with zero attached hydrogens (tertiary/aromatic N) is 1. The predicted molar refractivity (Wildman–Crippen MR) is 65.9 cm³/mol. The van der Waals surface area contributed by atoms with Gasteiger partial charge in [0, 0.05) is 6.54 Å². The minimum absolute atomic E-state index is 0.0421. The fourth-order valence-corrected chi connectivity index (χ4v) is 1.34. The lowest BCUT2D eigenvalue weighted by molar-refractivity contribution is -0.142. The van der Waals surface area contributed by atoms with E-state index in [0.29, 0.717) is 18.9 Å². The Balaban J connectivity index is 2.31. The van der Waals surface area contributed by atoms with Crippen LogP contribution in [0.15, 0.2) is 24.3 Å². The van der Waals surface area contributed by atoms with E-state index < -0.39 is 0 Å². The Kier molecular flexibility index (Phi) is 6.30. The maximum absolute atomic E-state index is 11.1. The van der Waals surface area contributed by atoms with Crippen LogP contribution in [0.1, 0.15) is 12.5 Å². The largest absolute Gasteiger partial charge is 0.479 e. The summed E-state index contributed by atoms with van der Waals surface area (Å²) in [6.07, 6.45) is 0. The molecule has 0 radical (unpaired) electrons. The van der Waals surface area contributed by atoms with E-state index in [4.69, 9.17) is 14.7 Å². The zero-order valence-electron chi connectivity index (χ0n) is 10.3. The molecule has 0 unspecified atom stereocenters. The second-order valence-corrected chi connectivity index (χ2v) is 3.50. The number of hydrogen-bond donors (Lipinski definition) is 1. The van der Waals surface area contributed by atoms with Crippen LogP contribution < -0.4 is 10.1 Å². The van der Waals surface area contributed by atoms with Gasteiger partial charge in [0.05, 0.1) is 13.2 Å². The smallest absolute Gasteiger partial charge is 0.319 e. The molecule has 0 amide bonds. The Morgan fingerprint density at radius 1 is 1.39 bits per heavy atom. The fraction of sp³-hybridized carbons (Fsp3) is 0.385. The first-order chi connectivity index (χ1) is 8.76. The van der Waals surface area contributed by atoms with Crippen LogP contribution >= 0.6 is 0 Å². The van der Waals surface area contributed by atoms with Crippen LogP contribution in [-0.4, -0.2) is 25.7 Å². The van der Waals surface area contributed by atoms with Crippen molar-refractivity contribution in [2.24, 2.45) is 0 Å². The molecule has 96 valence electrons. The molecule has 1 rings (SSSR count). The van der Waals surface area contributed by atoms with E-state index in [-0.39, 0.29) is 19.1 Å². The Morgan fingerprint density at radius 2 is 2.11 bits per heavy atom. The Labute approximate surface area is 106 Å². The summed E-state index contributed by atoms with van der Waals surface area (Å²) in [4.78, 5) is 11.1. The molecule has 0 saturated heterocycles. The van der Waals surface area contributed by atoms with Crippen molar-refractivity contribution in [3.63, 3.8) is 0 Å². The van der Waals surface area contributed by atoms with Crippen LogP contribution in [0, 0.1) is 11.3 Å². The van der Waals surface area contributed by atoms with Crippen LogP contribution in [0.25, 0.3) is 0 Å². The zero-order valence-corrected chi connectivity index (χ0v) is 10.3. The number of benzene rings is 1. The summed E-state index contributed by atoms with van der Waals surface area (Å²) in [7, 11) is 0. The van der Waals surface area contributed by atoms with Gasteiger partial charge in [-0.2, -0.15) is 5.26 Å². The molecule has 1 N–H and O–H groups in total. The first-order valence-corrected chi connectivity index (χ1v) is 5.71. The second-order valence-electron chi connectivity index (χ2n) is 3.50. The van der Waals surface area contributed by atoms with Gasteiger partial charge in [-0.3, -0.25) is 4.79 Å².